The van der Waals surface area contributed by atoms with Crippen LogP contribution in [0.4, 0.5) is 0 Å². The molecule has 0 saturated heterocycles. The average molecular weight is 336 g/mol. The van der Waals surface area contributed by atoms with Gasteiger partial charge >= 0.3 is 5.69 Å². The maximum absolute atomic E-state index is 12.4. The van der Waals surface area contributed by atoms with Crippen LogP contribution >= 0.6 is 0 Å². The first-order chi connectivity index (χ1) is 12.0. The first kappa shape index (κ1) is 16.5. The normalized spacial score (nSPS) is 10.6. The van der Waals surface area contributed by atoms with E-state index < -0.39 is 11.2 Å². The molecule has 0 spiro atoms. The minimum absolute atomic E-state index is 0.0530. The van der Waals surface area contributed by atoms with E-state index in [1.165, 1.54) is 17.0 Å². The molecule has 0 aliphatic carbocycles. The molecule has 2 heterocycles. The molecule has 0 aliphatic heterocycles. The summed E-state index contributed by atoms with van der Waals surface area (Å²) >= 11 is 0. The van der Waals surface area contributed by atoms with Gasteiger partial charge in [-0.1, -0.05) is 17.7 Å². The summed E-state index contributed by atoms with van der Waals surface area (Å²) < 4.78 is 7.77. The number of hydrogen-bond acceptors (Lipinski definition) is 5. The van der Waals surface area contributed by atoms with Gasteiger partial charge in [0.2, 0.25) is 5.89 Å². The van der Waals surface area contributed by atoms with Gasteiger partial charge in [0.1, 0.15) is 17.9 Å². The van der Waals surface area contributed by atoms with Crippen LogP contribution in [0, 0.1) is 18.3 Å². The highest BCUT2D eigenvalue weighted by Crippen LogP contribution is 2.19. The number of nitriles is 1. The molecule has 0 unspecified atom stereocenters. The molecule has 0 atom stereocenters. The third kappa shape index (κ3) is 3.15. The Morgan fingerprint density at radius 1 is 1.24 bits per heavy atom. The molecule has 0 N–H and O–H groups in total. The van der Waals surface area contributed by atoms with Gasteiger partial charge in [0.05, 0.1) is 12.2 Å². The van der Waals surface area contributed by atoms with E-state index in [2.05, 4.69) is 4.98 Å². The van der Waals surface area contributed by atoms with E-state index in [4.69, 9.17) is 9.68 Å². The summed E-state index contributed by atoms with van der Waals surface area (Å²) in [5, 5.41) is 9.08. The van der Waals surface area contributed by atoms with Crippen LogP contribution in [0.5, 0.6) is 0 Å². The molecule has 126 valence electrons. The number of hydrogen-bond donors (Lipinski definition) is 0. The monoisotopic (exact) mass is 336 g/mol. The smallest absolute Gasteiger partial charge is 0.331 e. The van der Waals surface area contributed by atoms with E-state index in [0.29, 0.717) is 18.1 Å². The first-order valence-corrected chi connectivity index (χ1v) is 7.79. The zero-order chi connectivity index (χ0) is 18.0. The third-order valence-corrected chi connectivity index (χ3v) is 3.87. The van der Waals surface area contributed by atoms with Gasteiger partial charge in [-0.2, -0.15) is 5.26 Å². The Labute approximate surface area is 143 Å². The molecular formula is C18H16N4O3. The van der Waals surface area contributed by atoms with E-state index in [1.54, 1.807) is 6.92 Å². The fraction of sp³-hybridized carbons (Fsp3) is 0.222. The van der Waals surface area contributed by atoms with Gasteiger partial charge in [0, 0.05) is 18.3 Å². The lowest BCUT2D eigenvalue weighted by Gasteiger charge is -2.07. The minimum Gasteiger partial charge on any atom is -0.444 e. The standard InChI is InChI=1S/C18H16N4O3/c1-3-21-9-14(8-19)17(23)22(18(21)24)10-15-11-25-16(20-15)13-6-4-12(2)5-7-13/h4-7,9,11H,3,10H2,1-2H3. The second-order valence-electron chi connectivity index (χ2n) is 5.62. The highest BCUT2D eigenvalue weighted by molar-refractivity contribution is 5.53. The molecule has 7 nitrogen and oxygen atoms in total. The quantitative estimate of drug-likeness (QED) is 0.725. The molecule has 3 aromatic rings. The van der Waals surface area contributed by atoms with Crippen LogP contribution in [-0.2, 0) is 13.1 Å². The summed E-state index contributed by atoms with van der Waals surface area (Å²) in [5.74, 6) is 0.412. The molecule has 7 heteroatoms. The van der Waals surface area contributed by atoms with Crippen molar-refractivity contribution in [3.05, 3.63) is 74.4 Å². The molecule has 0 fully saturated rings. The first-order valence-electron chi connectivity index (χ1n) is 7.79. The van der Waals surface area contributed by atoms with Gasteiger partial charge in [-0.15, -0.1) is 0 Å². The van der Waals surface area contributed by atoms with Crippen molar-refractivity contribution in [2.24, 2.45) is 0 Å². The maximum Gasteiger partial charge on any atom is 0.331 e. The number of rotatable bonds is 4. The second kappa shape index (κ2) is 6.61. The highest BCUT2D eigenvalue weighted by Gasteiger charge is 2.13. The molecule has 3 rings (SSSR count). The number of oxazole rings is 1. The summed E-state index contributed by atoms with van der Waals surface area (Å²) in [6.45, 7) is 4.06. The van der Waals surface area contributed by atoms with Gasteiger partial charge in [-0.05, 0) is 26.0 Å². The summed E-state index contributed by atoms with van der Waals surface area (Å²) in [6.07, 6.45) is 2.69. The van der Waals surface area contributed by atoms with Crippen molar-refractivity contribution in [3.63, 3.8) is 0 Å². The molecule has 0 saturated carbocycles. The SMILES string of the molecule is CCn1cc(C#N)c(=O)n(Cc2coc(-c3ccc(C)cc3)n2)c1=O. The fourth-order valence-corrected chi connectivity index (χ4v) is 2.47. The average Bonchev–Trinajstić information content (AvgIpc) is 3.08. The molecular weight excluding hydrogens is 320 g/mol. The third-order valence-electron chi connectivity index (χ3n) is 3.87. The van der Waals surface area contributed by atoms with E-state index in [1.807, 2.05) is 37.3 Å². The molecule has 0 radical (unpaired) electrons. The van der Waals surface area contributed by atoms with Crippen LogP contribution in [-0.4, -0.2) is 14.1 Å². The predicted molar refractivity (Wildman–Crippen MR) is 91.1 cm³/mol. The Hall–Kier alpha value is -3.40. The van der Waals surface area contributed by atoms with Crippen LogP contribution in [0.2, 0.25) is 0 Å². The summed E-state index contributed by atoms with van der Waals surface area (Å²) in [7, 11) is 0. The van der Waals surface area contributed by atoms with Gasteiger partial charge in [0.15, 0.2) is 0 Å². The lowest BCUT2D eigenvalue weighted by atomic mass is 10.1. The Kier molecular flexibility index (Phi) is 4.35. The zero-order valence-corrected chi connectivity index (χ0v) is 13.9. The minimum atomic E-state index is -0.628. The lowest BCUT2D eigenvalue weighted by Crippen LogP contribution is -2.41. The van der Waals surface area contributed by atoms with Gasteiger partial charge in [0.25, 0.3) is 5.56 Å². The zero-order valence-electron chi connectivity index (χ0n) is 13.9. The van der Waals surface area contributed by atoms with Crippen LogP contribution in [0.1, 0.15) is 23.7 Å². The summed E-state index contributed by atoms with van der Waals surface area (Å²) in [4.78, 5) is 29.0. The predicted octanol–water partition coefficient (Wildman–Crippen LogP) is 1.91. The van der Waals surface area contributed by atoms with Crippen molar-refractivity contribution in [2.75, 3.05) is 0 Å². The van der Waals surface area contributed by atoms with Crippen molar-refractivity contribution in [1.82, 2.24) is 14.1 Å². The Morgan fingerprint density at radius 3 is 2.60 bits per heavy atom. The van der Waals surface area contributed by atoms with E-state index in [0.717, 1.165) is 15.7 Å². The molecule has 0 bridgehead atoms. The number of nitrogens with zero attached hydrogens (tertiary/aromatic N) is 4. The Bertz CT molecular complexity index is 1070. The highest BCUT2D eigenvalue weighted by atomic mass is 16.3. The van der Waals surface area contributed by atoms with E-state index in [-0.39, 0.29) is 12.1 Å². The second-order valence-corrected chi connectivity index (χ2v) is 5.62. The summed E-state index contributed by atoms with van der Waals surface area (Å²) in [5.41, 5.74) is 1.18. The Morgan fingerprint density at radius 2 is 1.96 bits per heavy atom. The van der Waals surface area contributed by atoms with E-state index >= 15 is 0 Å². The van der Waals surface area contributed by atoms with Gasteiger partial charge < -0.3 is 4.42 Å². The molecule has 25 heavy (non-hydrogen) atoms. The van der Waals surface area contributed by atoms with Crippen LogP contribution in [0.3, 0.4) is 0 Å². The van der Waals surface area contributed by atoms with Crippen molar-refractivity contribution in [2.45, 2.75) is 26.9 Å². The van der Waals surface area contributed by atoms with Gasteiger partial charge in [-0.25, -0.2) is 9.78 Å². The number of aryl methyl sites for hydroxylation is 2. The molecule has 0 aliphatic rings. The van der Waals surface area contributed by atoms with Crippen LogP contribution in [0.15, 0.2) is 50.7 Å². The number of aromatic nitrogens is 3. The number of benzene rings is 1. The largest absolute Gasteiger partial charge is 0.444 e. The van der Waals surface area contributed by atoms with Crippen molar-refractivity contribution < 1.29 is 4.42 Å². The Balaban J connectivity index is 1.99. The van der Waals surface area contributed by atoms with Crippen molar-refractivity contribution >= 4 is 0 Å². The van der Waals surface area contributed by atoms with Crippen molar-refractivity contribution in [1.29, 1.82) is 5.26 Å². The van der Waals surface area contributed by atoms with Crippen LogP contribution in [0.25, 0.3) is 11.5 Å². The summed E-state index contributed by atoms with van der Waals surface area (Å²) in [6, 6.07) is 9.48. The van der Waals surface area contributed by atoms with Gasteiger partial charge in [-0.3, -0.25) is 13.9 Å². The molecule has 1 aromatic carbocycles. The molecule has 2 aromatic heterocycles. The van der Waals surface area contributed by atoms with Crippen molar-refractivity contribution in [3.8, 4) is 17.5 Å². The lowest BCUT2D eigenvalue weighted by molar-refractivity contribution is 0.565. The fourth-order valence-electron chi connectivity index (χ4n) is 2.47. The maximum atomic E-state index is 12.4. The van der Waals surface area contributed by atoms with E-state index in [9.17, 15) is 9.59 Å². The topological polar surface area (TPSA) is 93.8 Å². The molecule has 0 amide bonds. The van der Waals surface area contributed by atoms with Crippen LogP contribution < -0.4 is 11.2 Å².